The highest BCUT2D eigenvalue weighted by molar-refractivity contribution is 7.13. The molecule has 0 fully saturated rings. The van der Waals surface area contributed by atoms with E-state index < -0.39 is 0 Å². The number of hydrogen-bond acceptors (Lipinski definition) is 4. The summed E-state index contributed by atoms with van der Waals surface area (Å²) < 4.78 is 11.7. The van der Waals surface area contributed by atoms with Crippen molar-refractivity contribution in [2.24, 2.45) is 0 Å². The van der Waals surface area contributed by atoms with Crippen LogP contribution in [0.15, 0.2) is 60.0 Å². The van der Waals surface area contributed by atoms with Gasteiger partial charge in [0, 0.05) is 10.9 Å². The maximum atomic E-state index is 5.99. The molecule has 2 heterocycles. The molecule has 0 saturated heterocycles. The number of aromatic nitrogens is 1. The van der Waals surface area contributed by atoms with E-state index in [2.05, 4.69) is 12.1 Å². The van der Waals surface area contributed by atoms with Crippen molar-refractivity contribution in [3.05, 3.63) is 65.7 Å². The largest absolute Gasteiger partial charge is 0.485 e. The molecule has 0 bridgehead atoms. The standard InChI is InChI=1S/C17H13NO2S/c1-2-6-12(7-3-1)17-18-13(11-21-17)16-10-19-14-8-4-5-9-15(14)20-16/h1-9,11,16H,10H2/t16-/m1/s1. The fourth-order valence-electron chi connectivity index (χ4n) is 2.31. The molecule has 0 spiro atoms. The maximum absolute atomic E-state index is 5.99. The van der Waals surface area contributed by atoms with Crippen LogP contribution in [0.1, 0.15) is 11.8 Å². The monoisotopic (exact) mass is 295 g/mol. The lowest BCUT2D eigenvalue weighted by atomic mass is 10.2. The normalized spacial score (nSPS) is 16.7. The Hall–Kier alpha value is -2.33. The van der Waals surface area contributed by atoms with Crippen molar-refractivity contribution in [3.63, 3.8) is 0 Å². The van der Waals surface area contributed by atoms with Gasteiger partial charge in [0.05, 0.1) is 5.69 Å². The van der Waals surface area contributed by atoms with E-state index in [4.69, 9.17) is 14.5 Å². The first-order valence-corrected chi connectivity index (χ1v) is 7.67. The quantitative estimate of drug-likeness (QED) is 0.705. The van der Waals surface area contributed by atoms with Crippen molar-refractivity contribution < 1.29 is 9.47 Å². The highest BCUT2D eigenvalue weighted by atomic mass is 32.1. The number of hydrogen-bond donors (Lipinski definition) is 0. The molecule has 0 saturated carbocycles. The van der Waals surface area contributed by atoms with Crippen LogP contribution in [0.4, 0.5) is 0 Å². The molecule has 3 aromatic rings. The van der Waals surface area contributed by atoms with Gasteiger partial charge in [-0.05, 0) is 12.1 Å². The summed E-state index contributed by atoms with van der Waals surface area (Å²) in [7, 11) is 0. The van der Waals surface area contributed by atoms with Gasteiger partial charge >= 0.3 is 0 Å². The van der Waals surface area contributed by atoms with Gasteiger partial charge in [-0.3, -0.25) is 0 Å². The van der Waals surface area contributed by atoms with Crippen molar-refractivity contribution in [1.29, 1.82) is 0 Å². The molecule has 4 heteroatoms. The van der Waals surface area contributed by atoms with Crippen LogP contribution in [0.2, 0.25) is 0 Å². The van der Waals surface area contributed by atoms with Gasteiger partial charge in [-0.25, -0.2) is 4.98 Å². The summed E-state index contributed by atoms with van der Waals surface area (Å²) in [6.07, 6.45) is -0.145. The molecule has 0 unspecified atom stereocenters. The topological polar surface area (TPSA) is 31.4 Å². The van der Waals surface area contributed by atoms with Crippen molar-refractivity contribution in [2.45, 2.75) is 6.10 Å². The smallest absolute Gasteiger partial charge is 0.175 e. The van der Waals surface area contributed by atoms with Gasteiger partial charge in [0.15, 0.2) is 17.6 Å². The Morgan fingerprint density at radius 1 is 0.952 bits per heavy atom. The Labute approximate surface area is 126 Å². The van der Waals surface area contributed by atoms with E-state index in [1.54, 1.807) is 11.3 Å². The lowest BCUT2D eigenvalue weighted by Gasteiger charge is -2.25. The summed E-state index contributed by atoms with van der Waals surface area (Å²) in [6.45, 7) is 0.495. The number of rotatable bonds is 2. The molecule has 0 amide bonds. The van der Waals surface area contributed by atoms with E-state index in [9.17, 15) is 0 Å². The Morgan fingerprint density at radius 2 is 1.71 bits per heavy atom. The van der Waals surface area contributed by atoms with E-state index in [1.807, 2.05) is 47.8 Å². The zero-order valence-electron chi connectivity index (χ0n) is 11.2. The Kier molecular flexibility index (Phi) is 3.09. The van der Waals surface area contributed by atoms with Gasteiger partial charge in [0.1, 0.15) is 11.6 Å². The van der Waals surface area contributed by atoms with Gasteiger partial charge < -0.3 is 9.47 Å². The van der Waals surface area contributed by atoms with Crippen LogP contribution in [0.5, 0.6) is 11.5 Å². The summed E-state index contributed by atoms with van der Waals surface area (Å²) in [4.78, 5) is 4.69. The number of benzene rings is 2. The summed E-state index contributed by atoms with van der Waals surface area (Å²) in [6, 6.07) is 17.9. The summed E-state index contributed by atoms with van der Waals surface area (Å²) >= 11 is 1.63. The average molecular weight is 295 g/mol. The second-order valence-corrected chi connectivity index (χ2v) is 5.67. The first-order valence-electron chi connectivity index (χ1n) is 6.79. The Morgan fingerprint density at radius 3 is 2.57 bits per heavy atom. The second-order valence-electron chi connectivity index (χ2n) is 4.81. The average Bonchev–Trinajstić information content (AvgIpc) is 3.05. The van der Waals surface area contributed by atoms with E-state index in [0.717, 1.165) is 27.8 Å². The van der Waals surface area contributed by atoms with Crippen LogP contribution in [-0.2, 0) is 0 Å². The third kappa shape index (κ3) is 2.38. The molecule has 0 N–H and O–H groups in total. The second kappa shape index (κ2) is 5.22. The minimum Gasteiger partial charge on any atom is -0.485 e. The number of thiazole rings is 1. The van der Waals surface area contributed by atoms with Crippen molar-refractivity contribution in [3.8, 4) is 22.1 Å². The minimum absolute atomic E-state index is 0.145. The Bertz CT molecular complexity index is 754. The van der Waals surface area contributed by atoms with Crippen LogP contribution < -0.4 is 9.47 Å². The van der Waals surface area contributed by atoms with E-state index >= 15 is 0 Å². The molecule has 4 rings (SSSR count). The predicted octanol–water partition coefficient (Wildman–Crippen LogP) is 4.32. The molecule has 1 aliphatic rings. The van der Waals surface area contributed by atoms with Crippen LogP contribution in [0.3, 0.4) is 0 Å². The van der Waals surface area contributed by atoms with Crippen molar-refractivity contribution >= 4 is 11.3 Å². The molecule has 0 aliphatic carbocycles. The van der Waals surface area contributed by atoms with E-state index in [-0.39, 0.29) is 6.10 Å². The minimum atomic E-state index is -0.145. The van der Waals surface area contributed by atoms with Gasteiger partial charge in [-0.15, -0.1) is 11.3 Å². The highest BCUT2D eigenvalue weighted by Gasteiger charge is 2.24. The summed E-state index contributed by atoms with van der Waals surface area (Å²) in [5.74, 6) is 1.58. The summed E-state index contributed by atoms with van der Waals surface area (Å²) in [5, 5.41) is 3.05. The molecule has 3 nitrogen and oxygen atoms in total. The lowest BCUT2D eigenvalue weighted by molar-refractivity contribution is 0.0888. The van der Waals surface area contributed by atoms with Gasteiger partial charge in [0.2, 0.25) is 0 Å². The third-order valence-electron chi connectivity index (χ3n) is 3.38. The SMILES string of the molecule is c1ccc(-c2nc([C@H]3COc4ccccc4O3)cs2)cc1. The van der Waals surface area contributed by atoms with Gasteiger partial charge in [0.25, 0.3) is 0 Å². The highest BCUT2D eigenvalue weighted by Crippen LogP contribution is 2.36. The number of ether oxygens (including phenoxy) is 2. The molecule has 0 radical (unpaired) electrons. The van der Waals surface area contributed by atoms with Crippen LogP contribution in [0.25, 0.3) is 10.6 Å². The predicted molar refractivity (Wildman–Crippen MR) is 82.9 cm³/mol. The van der Waals surface area contributed by atoms with Crippen molar-refractivity contribution in [2.75, 3.05) is 6.61 Å². The fourth-order valence-corrected chi connectivity index (χ4v) is 3.18. The van der Waals surface area contributed by atoms with Gasteiger partial charge in [-0.1, -0.05) is 42.5 Å². The van der Waals surface area contributed by atoms with Gasteiger partial charge in [-0.2, -0.15) is 0 Å². The molecule has 2 aromatic carbocycles. The first kappa shape index (κ1) is 12.4. The zero-order valence-corrected chi connectivity index (χ0v) is 12.0. The lowest BCUT2D eigenvalue weighted by Crippen LogP contribution is -2.21. The first-order chi connectivity index (χ1) is 10.4. The third-order valence-corrected chi connectivity index (χ3v) is 4.29. The molecule has 1 aromatic heterocycles. The zero-order chi connectivity index (χ0) is 14.1. The van der Waals surface area contributed by atoms with Crippen LogP contribution >= 0.6 is 11.3 Å². The van der Waals surface area contributed by atoms with Crippen LogP contribution in [0, 0.1) is 0 Å². The number of para-hydroxylation sites is 2. The molecular weight excluding hydrogens is 282 g/mol. The maximum Gasteiger partial charge on any atom is 0.175 e. The van der Waals surface area contributed by atoms with E-state index in [1.165, 1.54) is 0 Å². The molecule has 104 valence electrons. The van der Waals surface area contributed by atoms with Crippen molar-refractivity contribution in [1.82, 2.24) is 4.98 Å². The molecular formula is C17H13NO2S. The molecule has 1 atom stereocenters. The summed E-state index contributed by atoms with van der Waals surface area (Å²) in [5.41, 5.74) is 2.05. The number of fused-ring (bicyclic) bond motifs is 1. The van der Waals surface area contributed by atoms with E-state index in [0.29, 0.717) is 6.61 Å². The Balaban J connectivity index is 1.60. The molecule has 21 heavy (non-hydrogen) atoms. The molecule has 1 aliphatic heterocycles. The fraction of sp³-hybridized carbons (Fsp3) is 0.118. The number of nitrogens with zero attached hydrogens (tertiary/aromatic N) is 1. The van der Waals surface area contributed by atoms with Crippen LogP contribution in [-0.4, -0.2) is 11.6 Å².